The summed E-state index contributed by atoms with van der Waals surface area (Å²) >= 11 is 0. The fourth-order valence-electron chi connectivity index (χ4n) is 5.10. The zero-order chi connectivity index (χ0) is 25.9. The lowest BCUT2D eigenvalue weighted by Crippen LogP contribution is -2.36. The molecule has 10 heteroatoms. The summed E-state index contributed by atoms with van der Waals surface area (Å²) in [4.78, 5) is 23.0. The summed E-state index contributed by atoms with van der Waals surface area (Å²) in [6.07, 6.45) is 6.90. The summed E-state index contributed by atoms with van der Waals surface area (Å²) in [5.74, 6) is -3.33. The number of halogens is 3. The lowest BCUT2D eigenvalue weighted by atomic mass is 9.81. The molecule has 5 rings (SSSR count). The van der Waals surface area contributed by atoms with Crippen LogP contribution in [0.3, 0.4) is 0 Å². The molecule has 0 spiro atoms. The Labute approximate surface area is 212 Å². The molecule has 1 saturated carbocycles. The maximum atomic E-state index is 15.1. The van der Waals surface area contributed by atoms with Gasteiger partial charge in [-0.2, -0.15) is 0 Å². The maximum absolute atomic E-state index is 15.1. The van der Waals surface area contributed by atoms with E-state index in [1.165, 1.54) is 6.07 Å². The first kappa shape index (κ1) is 25.2. The Hall–Kier alpha value is -3.50. The number of amides is 1. The minimum atomic E-state index is -0.964. The van der Waals surface area contributed by atoms with Gasteiger partial charge in [-0.25, -0.2) is 18.2 Å². The Bertz CT molecular complexity index is 1280. The highest BCUT2D eigenvalue weighted by Crippen LogP contribution is 2.36. The van der Waals surface area contributed by atoms with E-state index < -0.39 is 34.6 Å². The number of carbonyl (C=O) groups is 1. The molecule has 2 aliphatic rings. The fraction of sp³-hybridized carbons (Fsp3) is 0.370. The smallest absolute Gasteiger partial charge is 0.274 e. The number of anilines is 2. The number of morpholine rings is 1. The van der Waals surface area contributed by atoms with E-state index in [0.717, 1.165) is 49.4 Å². The molecule has 3 heterocycles. The molecule has 2 atom stereocenters. The topological polar surface area (TPSA) is 93.4 Å². The Kier molecular flexibility index (Phi) is 7.38. The number of aromatic nitrogens is 2. The maximum Gasteiger partial charge on any atom is 0.274 e. The standard InChI is InChI=1S/C27H28F3N5O2/c28-20-4-5-23(27(36)34-24-15-32-7-6-19(24)16-2-1-3-17(31)12-16)33-26(20)25-21(29)13-18(14-22(25)30)35-8-10-37-11-9-35/h4-7,13-17H,1-3,8-12,31H2,(H,34,36)/t16-,17+/m1/s1. The van der Waals surface area contributed by atoms with Crippen LogP contribution in [0, 0.1) is 17.5 Å². The third kappa shape index (κ3) is 5.45. The molecule has 0 bridgehead atoms. The first-order chi connectivity index (χ1) is 17.9. The van der Waals surface area contributed by atoms with Crippen molar-refractivity contribution in [3.63, 3.8) is 0 Å². The van der Waals surface area contributed by atoms with Crippen molar-refractivity contribution in [2.75, 3.05) is 36.5 Å². The van der Waals surface area contributed by atoms with Crippen LogP contribution < -0.4 is 16.0 Å². The van der Waals surface area contributed by atoms with Gasteiger partial charge in [-0.3, -0.25) is 9.78 Å². The molecular formula is C27H28F3N5O2. The van der Waals surface area contributed by atoms with Gasteiger partial charge >= 0.3 is 0 Å². The number of benzene rings is 1. The zero-order valence-electron chi connectivity index (χ0n) is 20.2. The summed E-state index contributed by atoms with van der Waals surface area (Å²) in [7, 11) is 0. The predicted octanol–water partition coefficient (Wildman–Crippen LogP) is 4.63. The van der Waals surface area contributed by atoms with Crippen molar-refractivity contribution < 1.29 is 22.7 Å². The van der Waals surface area contributed by atoms with Gasteiger partial charge in [0.2, 0.25) is 0 Å². The number of hydrogen-bond donors (Lipinski definition) is 2. The molecule has 2 fully saturated rings. The minimum Gasteiger partial charge on any atom is -0.378 e. The number of pyridine rings is 2. The van der Waals surface area contributed by atoms with Crippen LogP contribution in [0.2, 0.25) is 0 Å². The third-order valence-electron chi connectivity index (χ3n) is 6.98. The van der Waals surface area contributed by atoms with Gasteiger partial charge in [0.25, 0.3) is 5.91 Å². The van der Waals surface area contributed by atoms with Crippen LogP contribution in [0.25, 0.3) is 11.3 Å². The van der Waals surface area contributed by atoms with Crippen LogP contribution in [0.5, 0.6) is 0 Å². The Morgan fingerprint density at radius 1 is 1.05 bits per heavy atom. The molecule has 1 aromatic carbocycles. The molecule has 1 aliphatic carbocycles. The molecule has 194 valence electrons. The highest BCUT2D eigenvalue weighted by atomic mass is 19.1. The lowest BCUT2D eigenvalue weighted by Gasteiger charge is -2.29. The summed E-state index contributed by atoms with van der Waals surface area (Å²) in [5, 5.41) is 2.79. The second-order valence-electron chi connectivity index (χ2n) is 9.45. The number of nitrogens with two attached hydrogens (primary N) is 1. The van der Waals surface area contributed by atoms with Gasteiger partial charge in [-0.1, -0.05) is 6.42 Å². The van der Waals surface area contributed by atoms with Crippen molar-refractivity contribution in [1.29, 1.82) is 0 Å². The summed E-state index contributed by atoms with van der Waals surface area (Å²) < 4.78 is 50.2. The number of hydrogen-bond acceptors (Lipinski definition) is 6. The highest BCUT2D eigenvalue weighted by Gasteiger charge is 2.25. The number of rotatable bonds is 5. The Balaban J connectivity index is 1.42. The number of carbonyl (C=O) groups excluding carboxylic acids is 1. The number of nitrogens with zero attached hydrogens (tertiary/aromatic N) is 3. The van der Waals surface area contributed by atoms with E-state index in [1.807, 2.05) is 6.07 Å². The molecule has 1 aliphatic heterocycles. The summed E-state index contributed by atoms with van der Waals surface area (Å²) in [6, 6.07) is 6.40. The minimum absolute atomic E-state index is 0.0937. The second-order valence-corrected chi connectivity index (χ2v) is 9.45. The molecule has 2 aromatic heterocycles. The molecule has 1 amide bonds. The van der Waals surface area contributed by atoms with Gasteiger partial charge in [0.05, 0.1) is 30.7 Å². The molecule has 3 N–H and O–H groups in total. The molecule has 37 heavy (non-hydrogen) atoms. The molecule has 3 aromatic rings. The Morgan fingerprint density at radius 2 is 1.81 bits per heavy atom. The first-order valence-corrected chi connectivity index (χ1v) is 12.4. The van der Waals surface area contributed by atoms with Gasteiger partial charge in [0.15, 0.2) is 0 Å². The molecule has 0 unspecified atom stereocenters. The van der Waals surface area contributed by atoms with Gasteiger partial charge < -0.3 is 20.7 Å². The third-order valence-corrected chi connectivity index (χ3v) is 6.98. The number of ether oxygens (including phenoxy) is 1. The van der Waals surface area contributed by atoms with Crippen LogP contribution in [0.4, 0.5) is 24.5 Å². The van der Waals surface area contributed by atoms with E-state index in [1.54, 1.807) is 17.3 Å². The van der Waals surface area contributed by atoms with E-state index in [4.69, 9.17) is 10.5 Å². The summed E-state index contributed by atoms with van der Waals surface area (Å²) in [5.41, 5.74) is 6.54. The monoisotopic (exact) mass is 511 g/mol. The van der Waals surface area contributed by atoms with E-state index >= 15 is 8.78 Å². The molecule has 7 nitrogen and oxygen atoms in total. The van der Waals surface area contributed by atoms with Gasteiger partial charge in [-0.15, -0.1) is 0 Å². The summed E-state index contributed by atoms with van der Waals surface area (Å²) in [6.45, 7) is 1.88. The number of nitrogens with one attached hydrogen (secondary N) is 1. The predicted molar refractivity (Wildman–Crippen MR) is 134 cm³/mol. The Morgan fingerprint density at radius 3 is 2.54 bits per heavy atom. The van der Waals surface area contributed by atoms with Crippen LogP contribution in [-0.2, 0) is 4.74 Å². The van der Waals surface area contributed by atoms with Crippen LogP contribution in [-0.4, -0.2) is 48.2 Å². The fourth-order valence-corrected chi connectivity index (χ4v) is 5.10. The van der Waals surface area contributed by atoms with E-state index in [9.17, 15) is 9.18 Å². The molecule has 0 radical (unpaired) electrons. The van der Waals surface area contributed by atoms with E-state index in [0.29, 0.717) is 37.7 Å². The second kappa shape index (κ2) is 10.9. The SMILES string of the molecule is N[C@H]1CCC[C@@H](c2ccncc2NC(=O)c2ccc(F)c(-c3c(F)cc(N4CCOCC4)cc3F)n2)C1. The van der Waals surface area contributed by atoms with Crippen molar-refractivity contribution in [3.05, 3.63) is 71.4 Å². The van der Waals surface area contributed by atoms with Crippen molar-refractivity contribution >= 4 is 17.3 Å². The van der Waals surface area contributed by atoms with Crippen LogP contribution in [0.15, 0.2) is 42.7 Å². The van der Waals surface area contributed by atoms with Crippen molar-refractivity contribution in [2.24, 2.45) is 5.73 Å². The average molecular weight is 512 g/mol. The van der Waals surface area contributed by atoms with Crippen LogP contribution in [0.1, 0.15) is 47.7 Å². The molecule has 1 saturated heterocycles. The lowest BCUT2D eigenvalue weighted by molar-refractivity contribution is 0.102. The normalized spacial score (nSPS) is 20.1. The van der Waals surface area contributed by atoms with Gasteiger partial charge in [-0.05, 0) is 61.1 Å². The average Bonchev–Trinajstić information content (AvgIpc) is 2.90. The van der Waals surface area contributed by atoms with Crippen molar-refractivity contribution in [1.82, 2.24) is 9.97 Å². The van der Waals surface area contributed by atoms with Crippen LogP contribution >= 0.6 is 0 Å². The first-order valence-electron chi connectivity index (χ1n) is 12.4. The molecular weight excluding hydrogens is 483 g/mol. The largest absolute Gasteiger partial charge is 0.378 e. The quantitative estimate of drug-likeness (QED) is 0.519. The highest BCUT2D eigenvalue weighted by molar-refractivity contribution is 6.03. The van der Waals surface area contributed by atoms with Gasteiger partial charge in [0.1, 0.15) is 28.8 Å². The zero-order valence-corrected chi connectivity index (χ0v) is 20.2. The van der Waals surface area contributed by atoms with E-state index in [2.05, 4.69) is 15.3 Å². The van der Waals surface area contributed by atoms with Crippen molar-refractivity contribution in [2.45, 2.75) is 37.6 Å². The van der Waals surface area contributed by atoms with Gasteiger partial charge in [0, 0.05) is 31.0 Å². The van der Waals surface area contributed by atoms with Crippen molar-refractivity contribution in [3.8, 4) is 11.3 Å². The van der Waals surface area contributed by atoms with E-state index in [-0.39, 0.29) is 17.7 Å².